The van der Waals surface area contributed by atoms with E-state index in [1.165, 1.54) is 19.2 Å². The van der Waals surface area contributed by atoms with Gasteiger partial charge in [0.2, 0.25) is 0 Å². The second-order valence-corrected chi connectivity index (χ2v) is 7.00. The summed E-state index contributed by atoms with van der Waals surface area (Å²) < 4.78 is 12.3. The lowest BCUT2D eigenvalue weighted by atomic mass is 9.86. The van der Waals surface area contributed by atoms with Gasteiger partial charge in [0.05, 0.1) is 5.56 Å². The number of ether oxygens (including phenoxy) is 2. The van der Waals surface area contributed by atoms with E-state index in [-0.39, 0.29) is 18.8 Å². The van der Waals surface area contributed by atoms with Gasteiger partial charge in [0.15, 0.2) is 6.23 Å². The van der Waals surface area contributed by atoms with Crippen molar-refractivity contribution in [2.24, 2.45) is 0 Å². The maximum absolute atomic E-state index is 12.3. The summed E-state index contributed by atoms with van der Waals surface area (Å²) in [5.41, 5.74) is 1.88. The van der Waals surface area contributed by atoms with Crippen molar-refractivity contribution in [1.29, 1.82) is 0 Å². The third kappa shape index (κ3) is 3.39. The molecule has 0 radical (unpaired) electrons. The maximum atomic E-state index is 12.3. The molecule has 0 amide bonds. The summed E-state index contributed by atoms with van der Waals surface area (Å²) in [4.78, 5) is 28.1. The standard InChI is InChI=1S/C19H23N3O6/c1-3-19(11-27-14(23)12-7-5-4-6-8-12)15(24)18(2,26)16(28-19)22-10-9-13(20)21-17(22)25/h4-10,15-16,24,26H,3,11H2,1-2H3,(H2,20,21,25)/t15-,16+,18+,19+/m0/s1. The molecule has 0 bridgehead atoms. The molecule has 4 N–H and O–H groups in total. The highest BCUT2D eigenvalue weighted by Gasteiger charge is 2.61. The first-order chi connectivity index (χ1) is 13.2. The minimum atomic E-state index is -1.84. The minimum Gasteiger partial charge on any atom is -0.459 e. The highest BCUT2D eigenvalue weighted by atomic mass is 16.6. The molecule has 1 aromatic carbocycles. The van der Waals surface area contributed by atoms with E-state index < -0.39 is 35.2 Å². The van der Waals surface area contributed by atoms with Crippen LogP contribution in [-0.4, -0.2) is 49.6 Å². The van der Waals surface area contributed by atoms with E-state index in [0.717, 1.165) is 4.57 Å². The fraction of sp³-hybridized carbons (Fsp3) is 0.421. The third-order valence-corrected chi connectivity index (χ3v) is 5.06. The number of anilines is 1. The van der Waals surface area contributed by atoms with Gasteiger partial charge in [-0.15, -0.1) is 0 Å². The molecule has 28 heavy (non-hydrogen) atoms. The van der Waals surface area contributed by atoms with Crippen molar-refractivity contribution in [3.63, 3.8) is 0 Å². The minimum absolute atomic E-state index is 0.0259. The topological polar surface area (TPSA) is 137 Å². The van der Waals surface area contributed by atoms with Crippen LogP contribution >= 0.6 is 0 Å². The predicted octanol–water partition coefficient (Wildman–Crippen LogP) is 0.472. The molecule has 1 fully saturated rings. The van der Waals surface area contributed by atoms with E-state index in [0.29, 0.717) is 5.56 Å². The Morgan fingerprint density at radius 2 is 2.04 bits per heavy atom. The summed E-state index contributed by atoms with van der Waals surface area (Å²) in [5.74, 6) is -0.559. The summed E-state index contributed by atoms with van der Waals surface area (Å²) in [6.07, 6.45) is -1.11. The number of benzene rings is 1. The molecule has 2 heterocycles. The van der Waals surface area contributed by atoms with E-state index in [9.17, 15) is 19.8 Å². The SMILES string of the molecule is CC[C@]1(COC(=O)c2ccccc2)O[C@@H](n2ccc(N)nc2=O)[C@](C)(O)[C@@H]1O. The van der Waals surface area contributed by atoms with Crippen molar-refractivity contribution in [2.45, 2.75) is 43.8 Å². The average molecular weight is 389 g/mol. The number of hydrogen-bond acceptors (Lipinski definition) is 8. The summed E-state index contributed by atoms with van der Waals surface area (Å²) in [6.45, 7) is 2.77. The number of rotatable bonds is 5. The van der Waals surface area contributed by atoms with Crippen LogP contribution in [0.2, 0.25) is 0 Å². The highest BCUT2D eigenvalue weighted by molar-refractivity contribution is 5.89. The van der Waals surface area contributed by atoms with Crippen LogP contribution in [0.25, 0.3) is 0 Å². The summed E-state index contributed by atoms with van der Waals surface area (Å²) >= 11 is 0. The largest absolute Gasteiger partial charge is 0.459 e. The molecule has 1 aromatic heterocycles. The van der Waals surface area contributed by atoms with Crippen molar-refractivity contribution >= 4 is 11.8 Å². The zero-order valence-electron chi connectivity index (χ0n) is 15.6. The van der Waals surface area contributed by atoms with Crippen LogP contribution in [0, 0.1) is 0 Å². The Balaban J connectivity index is 1.87. The lowest BCUT2D eigenvalue weighted by molar-refractivity contribution is -0.135. The maximum Gasteiger partial charge on any atom is 0.351 e. The lowest BCUT2D eigenvalue weighted by Crippen LogP contribution is -2.52. The number of esters is 1. The van der Waals surface area contributed by atoms with Gasteiger partial charge in [-0.1, -0.05) is 25.1 Å². The lowest BCUT2D eigenvalue weighted by Gasteiger charge is -2.31. The molecule has 1 aliphatic heterocycles. The van der Waals surface area contributed by atoms with E-state index in [1.807, 2.05) is 0 Å². The molecule has 0 spiro atoms. The number of aliphatic hydroxyl groups excluding tert-OH is 1. The molecule has 9 heteroatoms. The number of carbonyl (C=O) groups is 1. The van der Waals surface area contributed by atoms with Crippen LogP contribution in [0.4, 0.5) is 5.82 Å². The first kappa shape index (κ1) is 20.0. The molecule has 0 saturated carbocycles. The smallest absolute Gasteiger partial charge is 0.351 e. The number of nitrogens with zero attached hydrogens (tertiary/aromatic N) is 2. The van der Waals surface area contributed by atoms with Gasteiger partial charge >= 0.3 is 11.7 Å². The van der Waals surface area contributed by atoms with Crippen LogP contribution in [0.5, 0.6) is 0 Å². The highest BCUT2D eigenvalue weighted by Crippen LogP contribution is 2.45. The molecule has 3 rings (SSSR count). The van der Waals surface area contributed by atoms with Crippen molar-refractivity contribution in [1.82, 2.24) is 9.55 Å². The zero-order chi connectivity index (χ0) is 20.5. The predicted molar refractivity (Wildman–Crippen MR) is 99.4 cm³/mol. The van der Waals surface area contributed by atoms with Crippen molar-refractivity contribution in [2.75, 3.05) is 12.3 Å². The fourth-order valence-electron chi connectivity index (χ4n) is 3.35. The van der Waals surface area contributed by atoms with Gasteiger partial charge in [-0.3, -0.25) is 4.57 Å². The molecule has 4 atom stereocenters. The number of nitrogen functional groups attached to an aromatic ring is 1. The number of aromatic nitrogens is 2. The summed E-state index contributed by atoms with van der Waals surface area (Å²) in [6, 6.07) is 9.77. The van der Waals surface area contributed by atoms with Crippen molar-refractivity contribution in [3.05, 3.63) is 58.6 Å². The van der Waals surface area contributed by atoms with E-state index in [4.69, 9.17) is 15.2 Å². The monoisotopic (exact) mass is 389 g/mol. The molecule has 0 aliphatic carbocycles. The number of carbonyl (C=O) groups excluding carboxylic acids is 1. The molecular weight excluding hydrogens is 366 g/mol. The van der Waals surface area contributed by atoms with Gasteiger partial charge in [0.1, 0.15) is 29.7 Å². The summed E-state index contributed by atoms with van der Waals surface area (Å²) in [7, 11) is 0. The first-order valence-corrected chi connectivity index (χ1v) is 8.86. The van der Waals surface area contributed by atoms with E-state index in [2.05, 4.69) is 4.98 Å². The van der Waals surface area contributed by atoms with Gasteiger partial charge in [-0.25, -0.2) is 9.59 Å². The second kappa shape index (κ2) is 7.34. The third-order valence-electron chi connectivity index (χ3n) is 5.06. The van der Waals surface area contributed by atoms with Gasteiger partial charge in [-0.2, -0.15) is 4.98 Å². The molecule has 2 aromatic rings. The van der Waals surface area contributed by atoms with Crippen LogP contribution in [0.3, 0.4) is 0 Å². The Hall–Kier alpha value is -2.75. The molecule has 9 nitrogen and oxygen atoms in total. The molecule has 1 saturated heterocycles. The van der Waals surface area contributed by atoms with E-state index >= 15 is 0 Å². The Bertz CT molecular complexity index is 913. The zero-order valence-corrected chi connectivity index (χ0v) is 15.6. The number of aliphatic hydroxyl groups is 2. The van der Waals surface area contributed by atoms with Crippen LogP contribution in [0.15, 0.2) is 47.4 Å². The molecular formula is C19H23N3O6. The molecule has 0 unspecified atom stereocenters. The van der Waals surface area contributed by atoms with Crippen LogP contribution in [0.1, 0.15) is 36.9 Å². The molecule has 150 valence electrons. The normalized spacial score (nSPS) is 29.6. The molecule has 1 aliphatic rings. The Morgan fingerprint density at radius 3 is 2.64 bits per heavy atom. The number of hydrogen-bond donors (Lipinski definition) is 3. The van der Waals surface area contributed by atoms with Crippen LogP contribution < -0.4 is 11.4 Å². The van der Waals surface area contributed by atoms with E-state index in [1.54, 1.807) is 37.3 Å². The van der Waals surface area contributed by atoms with Crippen LogP contribution in [-0.2, 0) is 9.47 Å². The van der Waals surface area contributed by atoms with Gasteiger partial charge in [0, 0.05) is 6.20 Å². The Kier molecular flexibility index (Phi) is 5.24. The average Bonchev–Trinajstić information content (AvgIpc) is 2.88. The van der Waals surface area contributed by atoms with Crippen molar-refractivity contribution in [3.8, 4) is 0 Å². The Morgan fingerprint density at radius 1 is 1.36 bits per heavy atom. The number of nitrogens with two attached hydrogens (primary N) is 1. The first-order valence-electron chi connectivity index (χ1n) is 8.86. The Labute approximate surface area is 161 Å². The quantitative estimate of drug-likeness (QED) is 0.628. The van der Waals surface area contributed by atoms with Gasteiger partial charge in [0.25, 0.3) is 0 Å². The van der Waals surface area contributed by atoms with Gasteiger partial charge < -0.3 is 25.4 Å². The van der Waals surface area contributed by atoms with Gasteiger partial charge in [-0.05, 0) is 31.5 Å². The summed E-state index contributed by atoms with van der Waals surface area (Å²) in [5, 5.41) is 21.7. The fourth-order valence-corrected chi connectivity index (χ4v) is 3.35. The second-order valence-electron chi connectivity index (χ2n) is 7.00. The van der Waals surface area contributed by atoms with Crippen molar-refractivity contribution < 1.29 is 24.5 Å².